The van der Waals surface area contributed by atoms with Crippen molar-refractivity contribution in [3.05, 3.63) is 83.4 Å². The highest BCUT2D eigenvalue weighted by molar-refractivity contribution is 7.92. The Kier molecular flexibility index (Phi) is 8.30. The molecule has 1 heterocycles. The van der Waals surface area contributed by atoms with Gasteiger partial charge in [0.15, 0.2) is 9.84 Å². The molecule has 2 aromatic rings. The summed E-state index contributed by atoms with van der Waals surface area (Å²) in [7, 11) is -3.66. The van der Waals surface area contributed by atoms with E-state index in [9.17, 15) is 18.3 Å². The molecule has 220 valence electrons. The summed E-state index contributed by atoms with van der Waals surface area (Å²) in [5, 5.41) is 9.94. The summed E-state index contributed by atoms with van der Waals surface area (Å²) in [4.78, 5) is 14.3. The second-order valence-electron chi connectivity index (χ2n) is 11.8. The molecule has 0 saturated heterocycles. The minimum atomic E-state index is -3.66. The highest BCUT2D eigenvalue weighted by Crippen LogP contribution is 2.49. The van der Waals surface area contributed by atoms with Crippen LogP contribution in [-0.4, -0.2) is 55.7 Å². The van der Waals surface area contributed by atoms with Crippen LogP contribution in [0.2, 0.25) is 5.02 Å². The molecule has 1 amide bonds. The van der Waals surface area contributed by atoms with E-state index in [1.807, 2.05) is 18.2 Å². The van der Waals surface area contributed by atoms with Gasteiger partial charge in [-0.3, -0.25) is 4.79 Å². The van der Waals surface area contributed by atoms with Crippen LogP contribution in [0.4, 0.5) is 5.69 Å². The average molecular weight is 599 g/mol. The van der Waals surface area contributed by atoms with Crippen LogP contribution in [0.1, 0.15) is 54.1 Å². The van der Waals surface area contributed by atoms with Gasteiger partial charge in [-0.05, 0) is 92.3 Å². The number of nitrogens with two attached hydrogens (primary N) is 1. The van der Waals surface area contributed by atoms with Gasteiger partial charge < -0.3 is 20.5 Å². The van der Waals surface area contributed by atoms with Gasteiger partial charge in [-0.25, -0.2) is 8.42 Å². The number of primary amides is 1. The highest BCUT2D eigenvalue weighted by atomic mass is 35.5. The number of carbonyl (C=O) groups is 1. The van der Waals surface area contributed by atoms with Gasteiger partial charge in [-0.2, -0.15) is 0 Å². The van der Waals surface area contributed by atoms with Gasteiger partial charge in [-0.15, -0.1) is 13.2 Å². The number of aliphatic hydroxyl groups excluding tert-OH is 1. The van der Waals surface area contributed by atoms with Crippen molar-refractivity contribution >= 4 is 33.0 Å². The van der Waals surface area contributed by atoms with Gasteiger partial charge in [0.2, 0.25) is 5.91 Å². The Bertz CT molecular complexity index is 1460. The Morgan fingerprint density at radius 3 is 2.68 bits per heavy atom. The maximum absolute atomic E-state index is 14.1. The maximum Gasteiger partial charge on any atom is 0.248 e. The van der Waals surface area contributed by atoms with Crippen LogP contribution in [-0.2, 0) is 21.7 Å². The number of hydrogen-bond donors (Lipinski definition) is 2. The van der Waals surface area contributed by atoms with Gasteiger partial charge in [-0.1, -0.05) is 29.8 Å². The number of aliphatic hydroxyl groups is 1. The van der Waals surface area contributed by atoms with Gasteiger partial charge in [0.25, 0.3) is 0 Å². The normalized spacial score (nSPS) is 26.9. The summed E-state index contributed by atoms with van der Waals surface area (Å²) >= 11 is 6.40. The molecule has 41 heavy (non-hydrogen) atoms. The van der Waals surface area contributed by atoms with Crippen LogP contribution in [0, 0.1) is 11.8 Å². The molecule has 5 rings (SSSR count). The Morgan fingerprint density at radius 1 is 1.24 bits per heavy atom. The second kappa shape index (κ2) is 11.5. The molecule has 2 aromatic carbocycles. The number of benzene rings is 2. The second-order valence-corrected chi connectivity index (χ2v) is 14.8. The fourth-order valence-corrected chi connectivity index (χ4v) is 9.38. The Labute approximate surface area is 247 Å². The molecule has 1 fully saturated rings. The smallest absolute Gasteiger partial charge is 0.248 e. The SMILES string of the molecule is C=CC[C@H](O)[C@@H]1CC[C@H]1CN1CC2(COc3ccc(C(N)=O)cc31)c1ccc(Cl)cc1CCC2S(=O)(=O)[C@H](C)C=C. The zero-order valence-electron chi connectivity index (χ0n) is 23.5. The first kappa shape index (κ1) is 29.7. The summed E-state index contributed by atoms with van der Waals surface area (Å²) in [6.07, 6.45) is 6.13. The van der Waals surface area contributed by atoms with Crippen molar-refractivity contribution in [1.29, 1.82) is 0 Å². The van der Waals surface area contributed by atoms with Crippen molar-refractivity contribution in [3.63, 3.8) is 0 Å². The monoisotopic (exact) mass is 598 g/mol. The van der Waals surface area contributed by atoms with Crippen LogP contribution in [0.3, 0.4) is 0 Å². The van der Waals surface area contributed by atoms with Crippen molar-refractivity contribution in [2.24, 2.45) is 17.6 Å². The molecule has 0 radical (unpaired) electrons. The Hall–Kier alpha value is -2.81. The lowest BCUT2D eigenvalue weighted by Gasteiger charge is -2.48. The molecule has 2 aliphatic carbocycles. The molecule has 0 aromatic heterocycles. The van der Waals surface area contributed by atoms with Crippen molar-refractivity contribution in [1.82, 2.24) is 0 Å². The number of rotatable bonds is 9. The van der Waals surface area contributed by atoms with Crippen molar-refractivity contribution in [3.8, 4) is 5.75 Å². The van der Waals surface area contributed by atoms with E-state index >= 15 is 0 Å². The zero-order valence-corrected chi connectivity index (χ0v) is 25.0. The maximum atomic E-state index is 14.1. The molecule has 3 N–H and O–H groups in total. The number of sulfone groups is 1. The van der Waals surface area contributed by atoms with Crippen LogP contribution in [0.25, 0.3) is 0 Å². The highest BCUT2D eigenvalue weighted by Gasteiger charge is 2.54. The molecule has 3 aliphatic rings. The van der Waals surface area contributed by atoms with E-state index in [2.05, 4.69) is 18.1 Å². The molecular formula is C32H39ClN2O5S. The Morgan fingerprint density at radius 2 is 2.02 bits per heavy atom. The lowest BCUT2D eigenvalue weighted by atomic mass is 9.68. The topological polar surface area (TPSA) is 110 Å². The van der Waals surface area contributed by atoms with Crippen LogP contribution >= 0.6 is 11.6 Å². The molecule has 2 unspecified atom stereocenters. The van der Waals surface area contributed by atoms with Gasteiger partial charge in [0, 0.05) is 23.7 Å². The summed E-state index contributed by atoms with van der Waals surface area (Å²) in [5.41, 5.74) is 7.74. The summed E-state index contributed by atoms with van der Waals surface area (Å²) < 4.78 is 34.8. The number of halogens is 1. The van der Waals surface area contributed by atoms with Gasteiger partial charge >= 0.3 is 0 Å². The lowest BCUT2D eigenvalue weighted by molar-refractivity contribution is 0.0178. The van der Waals surface area contributed by atoms with Crippen molar-refractivity contribution < 1.29 is 23.1 Å². The number of anilines is 1. The van der Waals surface area contributed by atoms with Gasteiger partial charge in [0.05, 0.1) is 27.7 Å². The lowest BCUT2D eigenvalue weighted by Crippen LogP contribution is -2.58. The fourth-order valence-electron chi connectivity index (χ4n) is 7.06. The number of aryl methyl sites for hydroxylation is 1. The van der Waals surface area contributed by atoms with Crippen LogP contribution in [0.15, 0.2) is 61.7 Å². The van der Waals surface area contributed by atoms with E-state index in [4.69, 9.17) is 22.1 Å². The first-order valence-corrected chi connectivity index (χ1v) is 16.2. The molecular weight excluding hydrogens is 560 g/mol. The third kappa shape index (κ3) is 5.30. The van der Waals surface area contributed by atoms with Crippen LogP contribution < -0.4 is 15.4 Å². The largest absolute Gasteiger partial charge is 0.490 e. The number of ether oxygens (including phenoxy) is 1. The molecule has 0 bridgehead atoms. The number of carbonyl (C=O) groups excluding carboxylic acids is 1. The zero-order chi connectivity index (χ0) is 29.5. The number of amides is 1. The molecule has 9 heteroatoms. The fraction of sp³-hybridized carbons (Fsp3) is 0.469. The van der Waals surface area contributed by atoms with Crippen molar-refractivity contribution in [2.75, 3.05) is 24.6 Å². The minimum Gasteiger partial charge on any atom is -0.490 e. The quantitative estimate of drug-likeness (QED) is 0.400. The number of fused-ring (bicyclic) bond motifs is 3. The van der Waals surface area contributed by atoms with E-state index < -0.39 is 37.8 Å². The number of nitrogens with zero attached hydrogens (tertiary/aromatic N) is 1. The number of hydrogen-bond acceptors (Lipinski definition) is 6. The third-order valence-electron chi connectivity index (χ3n) is 9.52. The summed E-state index contributed by atoms with van der Waals surface area (Å²) in [5.74, 6) is 0.310. The van der Waals surface area contributed by atoms with E-state index in [0.717, 1.165) is 24.0 Å². The average Bonchev–Trinajstić information content (AvgIpc) is 3.07. The molecule has 6 atom stereocenters. The van der Waals surface area contributed by atoms with Crippen LogP contribution in [0.5, 0.6) is 5.75 Å². The summed E-state index contributed by atoms with van der Waals surface area (Å²) in [6.45, 7) is 10.3. The molecule has 1 aliphatic heterocycles. The van der Waals surface area contributed by atoms with E-state index in [1.165, 1.54) is 6.08 Å². The van der Waals surface area contributed by atoms with E-state index in [-0.39, 0.29) is 18.4 Å². The first-order chi connectivity index (χ1) is 19.5. The molecule has 7 nitrogen and oxygen atoms in total. The van der Waals surface area contributed by atoms with Gasteiger partial charge in [0.1, 0.15) is 12.4 Å². The third-order valence-corrected chi connectivity index (χ3v) is 12.5. The minimum absolute atomic E-state index is 0.105. The standard InChI is InChI=1S/C32H39ClN2O5S/c1-4-6-28(36)25-11-7-23(25)17-35-18-32(19-40-29-13-8-22(31(34)37)16-27(29)35)26-12-10-24(33)15-21(26)9-14-30(32)41(38,39)20(3)5-2/h4-5,8,10,12-13,15-16,20,23,25,28,30,36H,1-2,6-7,9,11,14,17-19H2,3H3,(H2,34,37)/t20-,23+,25-,28+,30?,32?/m1/s1. The predicted molar refractivity (Wildman–Crippen MR) is 164 cm³/mol. The molecule has 1 saturated carbocycles. The Balaban J connectivity index is 1.65. The first-order valence-electron chi connectivity index (χ1n) is 14.3. The summed E-state index contributed by atoms with van der Waals surface area (Å²) in [6, 6.07) is 10.8. The van der Waals surface area contributed by atoms with Crippen molar-refractivity contribution in [2.45, 2.75) is 61.0 Å². The predicted octanol–water partition coefficient (Wildman–Crippen LogP) is 4.84. The molecule has 1 spiro atoms. The van der Waals surface area contributed by atoms with E-state index in [0.29, 0.717) is 54.4 Å². The van der Waals surface area contributed by atoms with E-state index in [1.54, 1.807) is 31.2 Å².